The standard InChI is InChI=1S/C24H24N2O5/c1-14(25-18-10-9-15(28-2)11-22(18)29-3)24(27)26-19-13-21-17(12-23(19)30-4)16-7-5-6-8-20(16)31-21/h5-14,25H,1-4H3,(H,26,27)/t14-/m1/s1. The third kappa shape index (κ3) is 3.94. The summed E-state index contributed by atoms with van der Waals surface area (Å²) in [6.07, 6.45) is 0. The van der Waals surface area contributed by atoms with Crippen LogP contribution in [0, 0.1) is 0 Å². The minimum atomic E-state index is -0.543. The molecule has 1 aromatic heterocycles. The number of fused-ring (bicyclic) bond motifs is 3. The van der Waals surface area contributed by atoms with Gasteiger partial charge in [-0.3, -0.25) is 4.79 Å². The van der Waals surface area contributed by atoms with Crippen molar-refractivity contribution in [3.05, 3.63) is 54.6 Å². The summed E-state index contributed by atoms with van der Waals surface area (Å²) in [6, 6.07) is 16.3. The molecule has 1 atom stereocenters. The molecule has 160 valence electrons. The highest BCUT2D eigenvalue weighted by atomic mass is 16.5. The Morgan fingerprint density at radius 1 is 0.839 bits per heavy atom. The number of hydrogen-bond acceptors (Lipinski definition) is 6. The number of ether oxygens (including phenoxy) is 3. The molecular formula is C24H24N2O5. The number of anilines is 2. The van der Waals surface area contributed by atoms with Gasteiger partial charge in [0.15, 0.2) is 0 Å². The zero-order chi connectivity index (χ0) is 22.0. The molecule has 2 N–H and O–H groups in total. The minimum Gasteiger partial charge on any atom is -0.497 e. The second-order valence-corrected chi connectivity index (χ2v) is 7.07. The van der Waals surface area contributed by atoms with Crippen LogP contribution in [0.3, 0.4) is 0 Å². The molecule has 0 saturated carbocycles. The van der Waals surface area contributed by atoms with E-state index in [1.165, 1.54) is 0 Å². The van der Waals surface area contributed by atoms with Crippen molar-refractivity contribution < 1.29 is 23.4 Å². The number of carbonyl (C=O) groups is 1. The minimum absolute atomic E-state index is 0.230. The van der Waals surface area contributed by atoms with Gasteiger partial charge in [-0.1, -0.05) is 18.2 Å². The molecule has 7 nitrogen and oxygen atoms in total. The number of nitrogens with one attached hydrogen (secondary N) is 2. The highest BCUT2D eigenvalue weighted by Gasteiger charge is 2.19. The number of rotatable bonds is 7. The van der Waals surface area contributed by atoms with Gasteiger partial charge in [0.05, 0.1) is 32.7 Å². The monoisotopic (exact) mass is 420 g/mol. The molecule has 0 aliphatic heterocycles. The average molecular weight is 420 g/mol. The van der Waals surface area contributed by atoms with Crippen molar-refractivity contribution in [1.82, 2.24) is 0 Å². The largest absolute Gasteiger partial charge is 0.497 e. The maximum absolute atomic E-state index is 12.9. The van der Waals surface area contributed by atoms with Gasteiger partial charge in [0.1, 0.15) is 34.5 Å². The van der Waals surface area contributed by atoms with E-state index < -0.39 is 6.04 Å². The van der Waals surface area contributed by atoms with E-state index in [1.54, 1.807) is 46.5 Å². The van der Waals surface area contributed by atoms with Crippen LogP contribution in [0.25, 0.3) is 21.9 Å². The first kappa shape index (κ1) is 20.4. The smallest absolute Gasteiger partial charge is 0.246 e. The number of furan rings is 1. The Bertz CT molecular complexity index is 1250. The molecule has 1 heterocycles. The summed E-state index contributed by atoms with van der Waals surface area (Å²) in [4.78, 5) is 12.9. The van der Waals surface area contributed by atoms with Gasteiger partial charge < -0.3 is 29.3 Å². The SMILES string of the molecule is COc1ccc(N[C@H](C)C(=O)Nc2cc3oc4ccccc4c3cc2OC)c(OC)c1. The van der Waals surface area contributed by atoms with Gasteiger partial charge in [0.2, 0.25) is 5.91 Å². The van der Waals surface area contributed by atoms with Crippen LogP contribution in [0.5, 0.6) is 17.2 Å². The van der Waals surface area contributed by atoms with Crippen molar-refractivity contribution in [2.45, 2.75) is 13.0 Å². The molecule has 0 spiro atoms. The molecule has 0 aliphatic rings. The number of hydrogen-bond donors (Lipinski definition) is 2. The maximum atomic E-state index is 12.9. The number of carbonyl (C=O) groups excluding carboxylic acids is 1. The van der Waals surface area contributed by atoms with Crippen molar-refractivity contribution in [1.29, 1.82) is 0 Å². The van der Waals surface area contributed by atoms with Crippen LogP contribution >= 0.6 is 0 Å². The first-order valence-corrected chi connectivity index (χ1v) is 9.82. The summed E-state index contributed by atoms with van der Waals surface area (Å²) in [6.45, 7) is 1.77. The number of methoxy groups -OCH3 is 3. The van der Waals surface area contributed by atoms with E-state index >= 15 is 0 Å². The first-order chi connectivity index (χ1) is 15.0. The molecule has 7 heteroatoms. The number of amides is 1. The van der Waals surface area contributed by atoms with Gasteiger partial charge in [-0.25, -0.2) is 0 Å². The molecule has 0 unspecified atom stereocenters. The summed E-state index contributed by atoms with van der Waals surface area (Å²) in [5.74, 6) is 1.58. The lowest BCUT2D eigenvalue weighted by Gasteiger charge is -2.18. The molecule has 0 fully saturated rings. The van der Waals surface area contributed by atoms with E-state index in [9.17, 15) is 4.79 Å². The first-order valence-electron chi connectivity index (χ1n) is 9.82. The lowest BCUT2D eigenvalue weighted by molar-refractivity contribution is -0.116. The molecule has 0 aliphatic carbocycles. The van der Waals surface area contributed by atoms with Crippen LogP contribution in [0.1, 0.15) is 6.92 Å². The Labute approximate surface area is 179 Å². The zero-order valence-electron chi connectivity index (χ0n) is 17.8. The highest BCUT2D eigenvalue weighted by molar-refractivity contribution is 6.08. The summed E-state index contributed by atoms with van der Waals surface area (Å²) in [5, 5.41) is 8.02. The normalized spacial score (nSPS) is 11.9. The number of para-hydroxylation sites is 1. The zero-order valence-corrected chi connectivity index (χ0v) is 17.8. The van der Waals surface area contributed by atoms with Crippen molar-refractivity contribution in [3.63, 3.8) is 0 Å². The van der Waals surface area contributed by atoms with Crippen LogP contribution in [-0.2, 0) is 4.79 Å². The topological polar surface area (TPSA) is 82.0 Å². The van der Waals surface area contributed by atoms with E-state index in [4.69, 9.17) is 18.6 Å². The molecule has 0 saturated heterocycles. The average Bonchev–Trinajstić information content (AvgIpc) is 3.15. The van der Waals surface area contributed by atoms with E-state index in [0.717, 1.165) is 16.4 Å². The third-order valence-corrected chi connectivity index (χ3v) is 5.13. The third-order valence-electron chi connectivity index (χ3n) is 5.13. The van der Waals surface area contributed by atoms with Crippen molar-refractivity contribution in [3.8, 4) is 17.2 Å². The summed E-state index contributed by atoms with van der Waals surface area (Å²) in [5.41, 5.74) is 2.68. The highest BCUT2D eigenvalue weighted by Crippen LogP contribution is 2.36. The molecule has 1 amide bonds. The lowest BCUT2D eigenvalue weighted by atomic mass is 10.1. The van der Waals surface area contributed by atoms with Gasteiger partial charge in [0, 0.05) is 22.9 Å². The maximum Gasteiger partial charge on any atom is 0.246 e. The Morgan fingerprint density at radius 3 is 2.32 bits per heavy atom. The van der Waals surface area contributed by atoms with Crippen molar-refractivity contribution in [2.24, 2.45) is 0 Å². The predicted octanol–water partition coefficient (Wildman–Crippen LogP) is 5.05. The summed E-state index contributed by atoms with van der Waals surface area (Å²) >= 11 is 0. The molecule has 3 aromatic carbocycles. The van der Waals surface area contributed by atoms with Gasteiger partial charge >= 0.3 is 0 Å². The summed E-state index contributed by atoms with van der Waals surface area (Å²) < 4.78 is 22.1. The molecule has 0 radical (unpaired) electrons. The van der Waals surface area contributed by atoms with Gasteiger partial charge in [-0.2, -0.15) is 0 Å². The summed E-state index contributed by atoms with van der Waals surface area (Å²) in [7, 11) is 4.73. The van der Waals surface area contributed by atoms with E-state index in [0.29, 0.717) is 34.2 Å². The Morgan fingerprint density at radius 2 is 1.58 bits per heavy atom. The second-order valence-electron chi connectivity index (χ2n) is 7.07. The van der Waals surface area contributed by atoms with Gasteiger partial charge in [-0.15, -0.1) is 0 Å². The Balaban J connectivity index is 1.58. The van der Waals surface area contributed by atoms with E-state index in [1.807, 2.05) is 36.4 Å². The van der Waals surface area contributed by atoms with Crippen LogP contribution in [0.2, 0.25) is 0 Å². The lowest BCUT2D eigenvalue weighted by Crippen LogP contribution is -2.32. The van der Waals surface area contributed by atoms with Crippen molar-refractivity contribution >= 4 is 39.2 Å². The molecule has 0 bridgehead atoms. The van der Waals surface area contributed by atoms with Crippen LogP contribution in [-0.4, -0.2) is 33.3 Å². The fourth-order valence-electron chi connectivity index (χ4n) is 3.48. The number of benzene rings is 3. The fourth-order valence-corrected chi connectivity index (χ4v) is 3.48. The van der Waals surface area contributed by atoms with Gasteiger partial charge in [0.25, 0.3) is 0 Å². The molecule has 4 aromatic rings. The van der Waals surface area contributed by atoms with Crippen LogP contribution in [0.15, 0.2) is 59.0 Å². The molecule has 31 heavy (non-hydrogen) atoms. The predicted molar refractivity (Wildman–Crippen MR) is 122 cm³/mol. The Hall–Kier alpha value is -3.87. The molecular weight excluding hydrogens is 396 g/mol. The second kappa shape index (κ2) is 8.47. The molecule has 4 rings (SSSR count). The van der Waals surface area contributed by atoms with Gasteiger partial charge in [-0.05, 0) is 31.2 Å². The Kier molecular flexibility index (Phi) is 5.58. The van der Waals surface area contributed by atoms with E-state index in [-0.39, 0.29) is 5.91 Å². The van der Waals surface area contributed by atoms with Crippen LogP contribution < -0.4 is 24.8 Å². The fraction of sp³-hybridized carbons (Fsp3) is 0.208. The van der Waals surface area contributed by atoms with Crippen LogP contribution in [0.4, 0.5) is 11.4 Å². The van der Waals surface area contributed by atoms with Crippen molar-refractivity contribution in [2.75, 3.05) is 32.0 Å². The quantitative estimate of drug-likeness (QED) is 0.435. The van der Waals surface area contributed by atoms with E-state index in [2.05, 4.69) is 10.6 Å².